The van der Waals surface area contributed by atoms with Crippen LogP contribution in [0, 0.1) is 5.92 Å². The molecule has 0 aliphatic carbocycles. The summed E-state index contributed by atoms with van der Waals surface area (Å²) in [5, 5.41) is 0. The summed E-state index contributed by atoms with van der Waals surface area (Å²) in [5.41, 5.74) is 0. The lowest BCUT2D eigenvalue weighted by Crippen LogP contribution is -2.46. The van der Waals surface area contributed by atoms with Crippen LogP contribution in [0.3, 0.4) is 0 Å². The molecule has 0 aromatic rings. The number of piperidine rings is 1. The predicted octanol–water partition coefficient (Wildman–Crippen LogP) is 2.47. The Morgan fingerprint density at radius 1 is 1.50 bits per heavy atom. The van der Waals surface area contributed by atoms with Gasteiger partial charge in [0.1, 0.15) is 5.78 Å². The van der Waals surface area contributed by atoms with Crippen molar-refractivity contribution >= 4 is 5.78 Å². The van der Waals surface area contributed by atoms with Crippen LogP contribution in [0.2, 0.25) is 0 Å². The van der Waals surface area contributed by atoms with Crippen LogP contribution in [0.15, 0.2) is 0 Å². The summed E-state index contributed by atoms with van der Waals surface area (Å²) in [4.78, 5) is 13.5. The zero-order valence-electron chi connectivity index (χ0n) is 9.92. The molecule has 2 heteroatoms. The van der Waals surface area contributed by atoms with Gasteiger partial charge >= 0.3 is 0 Å². The van der Waals surface area contributed by atoms with E-state index in [0.29, 0.717) is 24.3 Å². The number of hydrogen-bond donors (Lipinski definition) is 0. The first-order chi connectivity index (χ1) is 6.50. The fourth-order valence-corrected chi connectivity index (χ4v) is 2.61. The minimum atomic E-state index is 0.309. The summed E-state index contributed by atoms with van der Waals surface area (Å²) in [6.45, 7) is 9.63. The normalized spacial score (nSPS) is 31.4. The van der Waals surface area contributed by atoms with Crippen LogP contribution in [-0.4, -0.2) is 29.3 Å². The molecule has 1 aliphatic heterocycles. The molecule has 0 radical (unpaired) electrons. The lowest BCUT2D eigenvalue weighted by atomic mass is 9.91. The smallest absolute Gasteiger partial charge is 0.131 e. The van der Waals surface area contributed by atoms with Gasteiger partial charge in [-0.05, 0) is 46.1 Å². The number of hydrogen-bond acceptors (Lipinski definition) is 2. The molecule has 14 heavy (non-hydrogen) atoms. The molecular formula is C12H23NO. The summed E-state index contributed by atoms with van der Waals surface area (Å²) < 4.78 is 0. The third-order valence-electron chi connectivity index (χ3n) is 3.34. The Balaban J connectivity index is 2.46. The van der Waals surface area contributed by atoms with Crippen molar-refractivity contribution < 1.29 is 4.79 Å². The maximum atomic E-state index is 11.0. The fraction of sp³-hybridized carbons (Fsp3) is 0.917. The monoisotopic (exact) mass is 197 g/mol. The van der Waals surface area contributed by atoms with Crippen LogP contribution in [0.25, 0.3) is 0 Å². The van der Waals surface area contributed by atoms with Gasteiger partial charge in [0.25, 0.3) is 0 Å². The fourth-order valence-electron chi connectivity index (χ4n) is 2.61. The highest BCUT2D eigenvalue weighted by atomic mass is 16.1. The number of Topliss-reactive ketones (excluding diaryl/α,β-unsaturated/α-hetero) is 1. The van der Waals surface area contributed by atoms with E-state index >= 15 is 0 Å². The van der Waals surface area contributed by atoms with Crippen LogP contribution in [-0.2, 0) is 4.79 Å². The van der Waals surface area contributed by atoms with E-state index in [1.54, 1.807) is 6.92 Å². The maximum Gasteiger partial charge on any atom is 0.131 e. The van der Waals surface area contributed by atoms with Crippen LogP contribution in [0.1, 0.15) is 47.0 Å². The number of carbonyl (C=O) groups is 1. The second kappa shape index (κ2) is 4.92. The summed E-state index contributed by atoms with van der Waals surface area (Å²) in [6, 6.07) is 1.07. The zero-order valence-corrected chi connectivity index (χ0v) is 9.92. The van der Waals surface area contributed by atoms with Gasteiger partial charge in [-0.25, -0.2) is 0 Å². The molecule has 0 N–H and O–H groups in total. The Morgan fingerprint density at radius 3 is 2.64 bits per heavy atom. The molecule has 82 valence electrons. The summed E-state index contributed by atoms with van der Waals surface area (Å²) >= 11 is 0. The molecule has 3 atom stereocenters. The van der Waals surface area contributed by atoms with Crippen molar-refractivity contribution in [2.24, 2.45) is 5.92 Å². The highest BCUT2D eigenvalue weighted by molar-refractivity contribution is 5.76. The summed E-state index contributed by atoms with van der Waals surface area (Å²) in [5.74, 6) is 1.16. The van der Waals surface area contributed by atoms with Gasteiger partial charge in [-0.2, -0.15) is 0 Å². The van der Waals surface area contributed by atoms with Crippen molar-refractivity contribution in [3.8, 4) is 0 Å². The van der Waals surface area contributed by atoms with E-state index in [2.05, 4.69) is 25.7 Å². The van der Waals surface area contributed by atoms with Crippen molar-refractivity contribution in [2.45, 2.75) is 59.0 Å². The van der Waals surface area contributed by atoms with Crippen LogP contribution >= 0.6 is 0 Å². The maximum absolute atomic E-state index is 11.0. The van der Waals surface area contributed by atoms with E-state index in [1.807, 2.05) is 0 Å². The largest absolute Gasteiger partial charge is 0.300 e. The number of ketones is 1. The highest BCUT2D eigenvalue weighted by Crippen LogP contribution is 2.24. The Hall–Kier alpha value is -0.370. The van der Waals surface area contributed by atoms with Crippen molar-refractivity contribution in [1.82, 2.24) is 4.90 Å². The molecule has 3 unspecified atom stereocenters. The molecular weight excluding hydrogens is 174 g/mol. The topological polar surface area (TPSA) is 20.3 Å². The first-order valence-electron chi connectivity index (χ1n) is 5.76. The number of rotatable bonds is 3. The van der Waals surface area contributed by atoms with Crippen LogP contribution in [0.4, 0.5) is 0 Å². The second-order valence-corrected chi connectivity index (χ2v) is 4.97. The molecule has 0 aromatic carbocycles. The van der Waals surface area contributed by atoms with E-state index in [1.165, 1.54) is 12.8 Å². The van der Waals surface area contributed by atoms with Crippen LogP contribution in [0.5, 0.6) is 0 Å². The first-order valence-corrected chi connectivity index (χ1v) is 5.76. The predicted molar refractivity (Wildman–Crippen MR) is 59.3 cm³/mol. The van der Waals surface area contributed by atoms with Crippen LogP contribution < -0.4 is 0 Å². The average molecular weight is 197 g/mol. The van der Waals surface area contributed by atoms with Crippen molar-refractivity contribution in [3.05, 3.63) is 0 Å². The minimum absolute atomic E-state index is 0.309. The van der Waals surface area contributed by atoms with Gasteiger partial charge in [0, 0.05) is 18.5 Å². The second-order valence-electron chi connectivity index (χ2n) is 4.97. The van der Waals surface area contributed by atoms with Gasteiger partial charge in [0.15, 0.2) is 0 Å². The molecule has 1 aliphatic rings. The SMILES string of the molecule is CC(=O)CC(C)N1CCC(C)CC1C. The average Bonchev–Trinajstić information content (AvgIpc) is 2.01. The quantitative estimate of drug-likeness (QED) is 0.692. The van der Waals surface area contributed by atoms with Gasteiger partial charge in [0.05, 0.1) is 0 Å². The lowest BCUT2D eigenvalue weighted by molar-refractivity contribution is -0.118. The van der Waals surface area contributed by atoms with Gasteiger partial charge in [-0.3, -0.25) is 9.69 Å². The molecule has 0 spiro atoms. The minimum Gasteiger partial charge on any atom is -0.300 e. The van der Waals surface area contributed by atoms with E-state index in [4.69, 9.17) is 0 Å². The van der Waals surface area contributed by atoms with E-state index in [-0.39, 0.29) is 0 Å². The molecule has 1 fully saturated rings. The Morgan fingerprint density at radius 2 is 2.14 bits per heavy atom. The van der Waals surface area contributed by atoms with Crippen molar-refractivity contribution in [2.75, 3.05) is 6.54 Å². The number of carbonyl (C=O) groups excluding carboxylic acids is 1. The van der Waals surface area contributed by atoms with Gasteiger partial charge in [0.2, 0.25) is 0 Å². The summed E-state index contributed by atoms with van der Waals surface area (Å²) in [6.07, 6.45) is 3.27. The lowest BCUT2D eigenvalue weighted by Gasteiger charge is -2.40. The molecule has 1 saturated heterocycles. The third-order valence-corrected chi connectivity index (χ3v) is 3.34. The van der Waals surface area contributed by atoms with E-state index in [9.17, 15) is 4.79 Å². The van der Waals surface area contributed by atoms with E-state index in [0.717, 1.165) is 12.5 Å². The Kier molecular flexibility index (Phi) is 4.11. The number of likely N-dealkylation sites (tertiary alicyclic amines) is 1. The van der Waals surface area contributed by atoms with Crippen molar-refractivity contribution in [1.29, 1.82) is 0 Å². The molecule has 1 rings (SSSR count). The summed E-state index contributed by atoms with van der Waals surface area (Å²) in [7, 11) is 0. The molecule has 1 heterocycles. The van der Waals surface area contributed by atoms with Gasteiger partial charge in [-0.15, -0.1) is 0 Å². The standard InChI is InChI=1S/C12H23NO/c1-9-5-6-13(10(2)7-9)11(3)8-12(4)14/h9-11H,5-8H2,1-4H3. The molecule has 2 nitrogen and oxygen atoms in total. The number of nitrogens with zero attached hydrogens (tertiary/aromatic N) is 1. The third kappa shape index (κ3) is 3.09. The molecule has 0 amide bonds. The zero-order chi connectivity index (χ0) is 10.7. The molecule has 0 bridgehead atoms. The molecule has 0 saturated carbocycles. The van der Waals surface area contributed by atoms with Crippen molar-refractivity contribution in [3.63, 3.8) is 0 Å². The molecule has 0 aromatic heterocycles. The Labute approximate surface area is 87.7 Å². The van der Waals surface area contributed by atoms with E-state index < -0.39 is 0 Å². The highest BCUT2D eigenvalue weighted by Gasteiger charge is 2.26. The van der Waals surface area contributed by atoms with Gasteiger partial charge < -0.3 is 0 Å². The Bertz CT molecular complexity index is 202. The van der Waals surface area contributed by atoms with Gasteiger partial charge in [-0.1, -0.05) is 6.92 Å². The first kappa shape index (κ1) is 11.7.